The largest absolute Gasteiger partial charge is 0.484 e. The average Bonchev–Trinajstić information content (AvgIpc) is 3.16. The highest BCUT2D eigenvalue weighted by Crippen LogP contribution is 2.39. The maximum absolute atomic E-state index is 13.6. The van der Waals surface area contributed by atoms with Gasteiger partial charge in [-0.3, -0.25) is 9.59 Å². The second-order valence-electron chi connectivity index (χ2n) is 8.89. The fraction of sp³-hybridized carbons (Fsp3) is 0.321. The molecule has 182 valence electrons. The summed E-state index contributed by atoms with van der Waals surface area (Å²) >= 11 is 1.62. The Balaban J connectivity index is 1.67. The molecule has 1 aromatic heterocycles. The van der Waals surface area contributed by atoms with Crippen LogP contribution in [0.4, 0.5) is 10.7 Å². The number of carbonyl (C=O) groups is 2. The van der Waals surface area contributed by atoms with E-state index >= 15 is 0 Å². The van der Waals surface area contributed by atoms with Crippen molar-refractivity contribution in [3.05, 3.63) is 75.2 Å². The van der Waals surface area contributed by atoms with Gasteiger partial charge < -0.3 is 15.8 Å². The smallest absolute Gasteiger partial charge is 0.259 e. The average molecular weight is 490 g/mol. The van der Waals surface area contributed by atoms with Crippen LogP contribution in [0.2, 0.25) is 0 Å². The highest BCUT2D eigenvalue weighted by molar-refractivity contribution is 7.16. The van der Waals surface area contributed by atoms with Gasteiger partial charge in [-0.2, -0.15) is 0 Å². The number of primary amides is 1. The summed E-state index contributed by atoms with van der Waals surface area (Å²) in [5.74, 6) is -0.0962. The molecule has 0 radical (unpaired) electrons. The fourth-order valence-electron chi connectivity index (χ4n) is 4.27. The summed E-state index contributed by atoms with van der Waals surface area (Å²) in [7, 11) is 0. The Hall–Kier alpha value is -3.45. The topological polar surface area (TPSA) is 93.8 Å². The minimum atomic E-state index is -0.528. The van der Waals surface area contributed by atoms with E-state index in [4.69, 9.17) is 15.5 Å². The normalized spacial score (nSPS) is 13.7. The molecule has 0 spiro atoms. The SMILES string of the molecule is Cc1cccc(NC(=O)c2c(N=Cc3cccc(OCC(N)=O)c3)sc3c2CCCCCC3)c1C. The minimum absolute atomic E-state index is 0.109. The number of benzene rings is 2. The van der Waals surface area contributed by atoms with E-state index in [1.54, 1.807) is 29.7 Å². The molecule has 1 aliphatic carbocycles. The number of nitrogens with two attached hydrogens (primary N) is 1. The second-order valence-corrected chi connectivity index (χ2v) is 9.97. The third-order valence-corrected chi connectivity index (χ3v) is 7.50. The van der Waals surface area contributed by atoms with Crippen LogP contribution in [-0.2, 0) is 17.6 Å². The summed E-state index contributed by atoms with van der Waals surface area (Å²) in [4.78, 5) is 30.7. The zero-order valence-corrected chi connectivity index (χ0v) is 21.0. The van der Waals surface area contributed by atoms with E-state index in [2.05, 4.69) is 5.32 Å². The Morgan fingerprint density at radius 3 is 2.66 bits per heavy atom. The number of carbonyl (C=O) groups excluding carboxylic acids is 2. The molecule has 6 nitrogen and oxygen atoms in total. The van der Waals surface area contributed by atoms with Gasteiger partial charge in [0.25, 0.3) is 11.8 Å². The van der Waals surface area contributed by atoms with Crippen molar-refractivity contribution in [2.45, 2.75) is 52.4 Å². The molecule has 4 rings (SSSR count). The summed E-state index contributed by atoms with van der Waals surface area (Å²) in [5, 5.41) is 3.87. The highest BCUT2D eigenvalue weighted by Gasteiger charge is 2.24. The number of nitrogens with one attached hydrogen (secondary N) is 1. The number of aliphatic imine (C=N–C) groups is 1. The number of rotatable bonds is 7. The van der Waals surface area contributed by atoms with Crippen LogP contribution in [0, 0.1) is 13.8 Å². The number of fused-ring (bicyclic) bond motifs is 1. The van der Waals surface area contributed by atoms with Gasteiger partial charge >= 0.3 is 0 Å². The maximum Gasteiger partial charge on any atom is 0.259 e. The molecule has 35 heavy (non-hydrogen) atoms. The van der Waals surface area contributed by atoms with E-state index in [0.717, 1.165) is 58.6 Å². The van der Waals surface area contributed by atoms with Crippen LogP contribution in [0.1, 0.15) is 63.2 Å². The molecule has 0 atom stereocenters. The first-order valence-corrected chi connectivity index (χ1v) is 12.8. The van der Waals surface area contributed by atoms with Crippen molar-refractivity contribution in [3.63, 3.8) is 0 Å². The van der Waals surface area contributed by atoms with Crippen molar-refractivity contribution in [2.24, 2.45) is 10.7 Å². The summed E-state index contributed by atoms with van der Waals surface area (Å²) in [5.41, 5.74) is 10.8. The van der Waals surface area contributed by atoms with Gasteiger partial charge in [0.05, 0.1) is 5.56 Å². The van der Waals surface area contributed by atoms with Crippen molar-refractivity contribution in [2.75, 3.05) is 11.9 Å². The molecular formula is C28H31N3O3S. The summed E-state index contributed by atoms with van der Waals surface area (Å²) in [6.45, 7) is 3.89. The number of hydrogen-bond acceptors (Lipinski definition) is 5. The Morgan fingerprint density at radius 2 is 1.86 bits per heavy atom. The minimum Gasteiger partial charge on any atom is -0.484 e. The molecule has 0 unspecified atom stereocenters. The second kappa shape index (κ2) is 11.3. The molecule has 0 fully saturated rings. The number of ether oxygens (including phenoxy) is 1. The zero-order chi connectivity index (χ0) is 24.8. The summed E-state index contributed by atoms with van der Waals surface area (Å²) < 4.78 is 5.41. The lowest BCUT2D eigenvalue weighted by atomic mass is 9.96. The van der Waals surface area contributed by atoms with Gasteiger partial charge in [0.2, 0.25) is 0 Å². The molecule has 0 aliphatic heterocycles. The fourth-order valence-corrected chi connectivity index (χ4v) is 5.50. The third-order valence-electron chi connectivity index (χ3n) is 6.30. The predicted molar refractivity (Wildman–Crippen MR) is 142 cm³/mol. The number of amides is 2. The molecule has 0 saturated heterocycles. The van der Waals surface area contributed by atoms with Gasteiger partial charge in [-0.05, 0) is 80.0 Å². The molecule has 3 N–H and O–H groups in total. The number of nitrogens with zero attached hydrogens (tertiary/aromatic N) is 1. The molecule has 0 saturated carbocycles. The zero-order valence-electron chi connectivity index (χ0n) is 20.2. The van der Waals surface area contributed by atoms with Crippen LogP contribution < -0.4 is 15.8 Å². The van der Waals surface area contributed by atoms with Gasteiger partial charge in [0.15, 0.2) is 6.61 Å². The standard InChI is InChI=1S/C28H31N3O3S/c1-18-9-7-13-23(19(18)2)31-27(33)26-22-12-5-3-4-6-14-24(22)35-28(26)30-16-20-10-8-11-21(15-20)34-17-25(29)32/h7-11,13,15-16H,3-6,12,14,17H2,1-2H3,(H2,29,32)(H,31,33). The van der Waals surface area contributed by atoms with Crippen molar-refractivity contribution >= 4 is 40.1 Å². The lowest BCUT2D eigenvalue weighted by Crippen LogP contribution is -2.20. The first-order chi connectivity index (χ1) is 16.9. The van der Waals surface area contributed by atoms with Crippen LogP contribution in [0.25, 0.3) is 0 Å². The van der Waals surface area contributed by atoms with Crippen molar-refractivity contribution in [1.82, 2.24) is 0 Å². The van der Waals surface area contributed by atoms with Crippen molar-refractivity contribution in [1.29, 1.82) is 0 Å². The first-order valence-electron chi connectivity index (χ1n) is 12.0. The van der Waals surface area contributed by atoms with Crippen LogP contribution in [0.5, 0.6) is 5.75 Å². The first kappa shape index (κ1) is 24.7. The number of anilines is 1. The summed E-state index contributed by atoms with van der Waals surface area (Å²) in [6.07, 6.45) is 8.24. The van der Waals surface area contributed by atoms with Crippen LogP contribution in [-0.4, -0.2) is 24.6 Å². The highest BCUT2D eigenvalue weighted by atomic mass is 32.1. The van der Waals surface area contributed by atoms with Crippen LogP contribution >= 0.6 is 11.3 Å². The van der Waals surface area contributed by atoms with Crippen molar-refractivity contribution < 1.29 is 14.3 Å². The quantitative estimate of drug-likeness (QED) is 0.405. The van der Waals surface area contributed by atoms with Gasteiger partial charge in [-0.25, -0.2) is 4.99 Å². The van der Waals surface area contributed by atoms with Crippen molar-refractivity contribution in [3.8, 4) is 5.75 Å². The lowest BCUT2D eigenvalue weighted by molar-refractivity contribution is -0.119. The van der Waals surface area contributed by atoms with E-state index in [1.807, 2.05) is 44.2 Å². The number of thiophene rings is 1. The predicted octanol–water partition coefficient (Wildman–Crippen LogP) is 5.89. The molecular weight excluding hydrogens is 458 g/mol. The van der Waals surface area contributed by atoms with Crippen LogP contribution in [0.3, 0.4) is 0 Å². The molecule has 0 bridgehead atoms. The maximum atomic E-state index is 13.6. The monoisotopic (exact) mass is 489 g/mol. The van der Waals surface area contributed by atoms with E-state index < -0.39 is 5.91 Å². The molecule has 1 aliphatic rings. The van der Waals surface area contributed by atoms with E-state index in [9.17, 15) is 9.59 Å². The Labute approximate surface area is 210 Å². The third kappa shape index (κ3) is 6.17. The summed E-state index contributed by atoms with van der Waals surface area (Å²) in [6, 6.07) is 13.2. The molecule has 2 amide bonds. The number of aryl methyl sites for hydroxylation is 2. The Kier molecular flexibility index (Phi) is 7.98. The number of hydrogen-bond donors (Lipinski definition) is 2. The molecule has 7 heteroatoms. The van der Waals surface area contributed by atoms with Gasteiger partial charge in [0, 0.05) is 16.8 Å². The van der Waals surface area contributed by atoms with E-state index in [0.29, 0.717) is 11.3 Å². The van der Waals surface area contributed by atoms with E-state index in [1.165, 1.54) is 17.7 Å². The van der Waals surface area contributed by atoms with Gasteiger partial charge in [0.1, 0.15) is 10.8 Å². The Morgan fingerprint density at radius 1 is 1.09 bits per heavy atom. The molecule has 1 heterocycles. The Bertz CT molecular complexity index is 1260. The van der Waals surface area contributed by atoms with E-state index in [-0.39, 0.29) is 12.5 Å². The lowest BCUT2D eigenvalue weighted by Gasteiger charge is -2.13. The van der Waals surface area contributed by atoms with Crippen LogP contribution in [0.15, 0.2) is 47.5 Å². The molecule has 3 aromatic rings. The van der Waals surface area contributed by atoms with Gasteiger partial charge in [-0.1, -0.05) is 37.1 Å². The molecule has 2 aromatic carbocycles. The van der Waals surface area contributed by atoms with Gasteiger partial charge in [-0.15, -0.1) is 11.3 Å².